The predicted molar refractivity (Wildman–Crippen MR) is 118 cm³/mol. The van der Waals surface area contributed by atoms with Crippen LogP contribution in [0.15, 0.2) is 35.1 Å². The summed E-state index contributed by atoms with van der Waals surface area (Å²) in [7, 11) is 0. The first-order valence-corrected chi connectivity index (χ1v) is 10.4. The molecule has 1 unspecified atom stereocenters. The number of nitrogens with zero attached hydrogens (tertiary/aromatic N) is 2. The molecule has 3 N–H and O–H groups in total. The molecule has 2 fully saturated rings. The van der Waals surface area contributed by atoms with Gasteiger partial charge in [-0.15, -0.1) is 12.4 Å². The van der Waals surface area contributed by atoms with Gasteiger partial charge in [0.05, 0.1) is 5.52 Å². The Morgan fingerprint density at radius 3 is 2.40 bits per heavy atom. The van der Waals surface area contributed by atoms with E-state index in [4.69, 9.17) is 0 Å². The van der Waals surface area contributed by atoms with Crippen LogP contribution in [0.1, 0.15) is 55.9 Å². The average Bonchev–Trinajstić information content (AvgIpc) is 2.88. The Labute approximate surface area is 182 Å². The quantitative estimate of drug-likeness (QED) is 0.625. The fraction of sp³-hybridized carbons (Fsp3) is 0.545. The highest BCUT2D eigenvalue weighted by molar-refractivity contribution is 5.97. The van der Waals surface area contributed by atoms with Crippen LogP contribution in [0.25, 0.3) is 10.9 Å². The summed E-state index contributed by atoms with van der Waals surface area (Å²) in [5.41, 5.74) is 0.746. The van der Waals surface area contributed by atoms with Gasteiger partial charge in [0, 0.05) is 30.7 Å². The van der Waals surface area contributed by atoms with Crippen LogP contribution >= 0.6 is 12.4 Å². The van der Waals surface area contributed by atoms with Crippen molar-refractivity contribution in [2.45, 2.75) is 70.0 Å². The van der Waals surface area contributed by atoms with Crippen molar-refractivity contribution in [3.63, 3.8) is 0 Å². The smallest absolute Gasteiger partial charge is 0.264 e. The van der Waals surface area contributed by atoms with Crippen LogP contribution in [0.2, 0.25) is 0 Å². The van der Waals surface area contributed by atoms with Gasteiger partial charge in [0.1, 0.15) is 5.56 Å². The molecule has 1 aromatic heterocycles. The zero-order chi connectivity index (χ0) is 20.7. The number of carbonyl (C=O) groups is 1. The standard InChI is InChI=1S/C22H29N3O4.ClH/c1-13(2)25-19-6-4-3-5-14(19)9-18(22(25)29)21(28)23-15-10-16-7-8-17(11-15)24(16)12-20(26)27;/h3-6,9,13,15-17,20,26-27H,7-8,10-12H2,1-2H3,(H,23,28);1H/t15?,16-,17+;. The number of aliphatic hydroxyl groups excluding tert-OH is 1. The van der Waals surface area contributed by atoms with Crippen molar-refractivity contribution in [3.8, 4) is 0 Å². The molecule has 0 radical (unpaired) electrons. The number of benzene rings is 1. The molecule has 3 atom stereocenters. The van der Waals surface area contributed by atoms with Crippen LogP contribution in [-0.4, -0.2) is 56.5 Å². The maximum absolute atomic E-state index is 13.1. The summed E-state index contributed by atoms with van der Waals surface area (Å²) in [6.07, 6.45) is 2.19. The number of piperidine rings is 1. The third-order valence-corrected chi connectivity index (χ3v) is 6.30. The normalized spacial score (nSPS) is 23.7. The van der Waals surface area contributed by atoms with Gasteiger partial charge in [-0.1, -0.05) is 18.2 Å². The van der Waals surface area contributed by atoms with E-state index >= 15 is 0 Å². The highest BCUT2D eigenvalue weighted by Crippen LogP contribution is 2.35. The number of pyridine rings is 1. The Morgan fingerprint density at radius 1 is 1.17 bits per heavy atom. The summed E-state index contributed by atoms with van der Waals surface area (Å²) in [6, 6.07) is 9.74. The largest absolute Gasteiger partial charge is 0.367 e. The number of aliphatic hydroxyl groups is 2. The third-order valence-electron chi connectivity index (χ3n) is 6.30. The molecule has 0 spiro atoms. The monoisotopic (exact) mass is 435 g/mol. The maximum atomic E-state index is 13.1. The fourth-order valence-corrected chi connectivity index (χ4v) is 5.10. The Balaban J connectivity index is 0.00000256. The van der Waals surface area contributed by atoms with Crippen LogP contribution in [0.4, 0.5) is 0 Å². The SMILES string of the molecule is CC(C)n1c(=O)c(C(=O)NC2C[C@H]3CC[C@@H](C2)N3CC(O)O)cc2ccccc21.Cl. The van der Waals surface area contributed by atoms with Crippen molar-refractivity contribution in [1.29, 1.82) is 0 Å². The number of aromatic nitrogens is 1. The second-order valence-corrected chi connectivity index (χ2v) is 8.59. The maximum Gasteiger partial charge on any atom is 0.264 e. The van der Waals surface area contributed by atoms with Crippen molar-refractivity contribution in [2.24, 2.45) is 0 Å². The molecule has 0 saturated carbocycles. The van der Waals surface area contributed by atoms with Gasteiger partial charge in [-0.2, -0.15) is 0 Å². The molecule has 2 aliphatic rings. The number of rotatable bonds is 5. The number of hydrogen-bond donors (Lipinski definition) is 3. The van der Waals surface area contributed by atoms with Gasteiger partial charge in [-0.3, -0.25) is 14.5 Å². The molecule has 2 saturated heterocycles. The van der Waals surface area contributed by atoms with Gasteiger partial charge in [-0.05, 0) is 57.0 Å². The van der Waals surface area contributed by atoms with Crippen LogP contribution in [0.3, 0.4) is 0 Å². The van der Waals surface area contributed by atoms with Crippen molar-refractivity contribution in [3.05, 3.63) is 46.2 Å². The molecule has 2 aliphatic heterocycles. The van der Waals surface area contributed by atoms with Gasteiger partial charge >= 0.3 is 0 Å². The third kappa shape index (κ3) is 4.25. The van der Waals surface area contributed by atoms with E-state index in [0.29, 0.717) is 0 Å². The van der Waals surface area contributed by atoms with Crippen molar-refractivity contribution in [1.82, 2.24) is 14.8 Å². The number of para-hydroxylation sites is 1. The fourth-order valence-electron chi connectivity index (χ4n) is 5.10. The molecular formula is C22H30ClN3O4. The molecule has 8 heteroatoms. The lowest BCUT2D eigenvalue weighted by Crippen LogP contribution is -2.52. The predicted octanol–water partition coefficient (Wildman–Crippen LogP) is 2.04. The van der Waals surface area contributed by atoms with Gasteiger partial charge in [0.15, 0.2) is 6.29 Å². The summed E-state index contributed by atoms with van der Waals surface area (Å²) in [4.78, 5) is 28.2. The van der Waals surface area contributed by atoms with E-state index in [1.54, 1.807) is 10.6 Å². The molecule has 2 bridgehead atoms. The first kappa shape index (κ1) is 22.7. The minimum absolute atomic E-state index is 0. The van der Waals surface area contributed by atoms with E-state index in [1.165, 1.54) is 0 Å². The molecule has 3 heterocycles. The average molecular weight is 436 g/mol. The molecule has 1 amide bonds. The van der Waals surface area contributed by atoms with Crippen LogP contribution in [0, 0.1) is 0 Å². The summed E-state index contributed by atoms with van der Waals surface area (Å²) >= 11 is 0. The lowest BCUT2D eigenvalue weighted by Gasteiger charge is -2.39. The summed E-state index contributed by atoms with van der Waals surface area (Å²) < 4.78 is 1.68. The number of halogens is 1. The highest BCUT2D eigenvalue weighted by Gasteiger charge is 2.41. The zero-order valence-electron chi connectivity index (χ0n) is 17.3. The summed E-state index contributed by atoms with van der Waals surface area (Å²) in [6.45, 7) is 4.14. The van der Waals surface area contributed by atoms with Gasteiger partial charge in [0.25, 0.3) is 11.5 Å². The van der Waals surface area contributed by atoms with E-state index in [0.717, 1.165) is 36.6 Å². The van der Waals surface area contributed by atoms with E-state index in [9.17, 15) is 19.8 Å². The first-order chi connectivity index (χ1) is 13.8. The number of nitrogens with one attached hydrogen (secondary N) is 1. The number of fused-ring (bicyclic) bond motifs is 3. The molecule has 2 aromatic rings. The molecule has 7 nitrogen and oxygen atoms in total. The van der Waals surface area contributed by atoms with Crippen LogP contribution in [-0.2, 0) is 0 Å². The highest BCUT2D eigenvalue weighted by atomic mass is 35.5. The topological polar surface area (TPSA) is 94.8 Å². The molecular weight excluding hydrogens is 406 g/mol. The molecule has 30 heavy (non-hydrogen) atoms. The number of amides is 1. The van der Waals surface area contributed by atoms with E-state index in [-0.39, 0.29) is 60.1 Å². The van der Waals surface area contributed by atoms with Gasteiger partial charge < -0.3 is 20.1 Å². The Hall–Kier alpha value is -1.93. The van der Waals surface area contributed by atoms with Gasteiger partial charge in [0.2, 0.25) is 0 Å². The Bertz CT molecular complexity index is 960. The first-order valence-electron chi connectivity index (χ1n) is 10.4. The molecule has 4 rings (SSSR count). The Morgan fingerprint density at radius 2 is 1.80 bits per heavy atom. The molecule has 0 aliphatic carbocycles. The van der Waals surface area contributed by atoms with Crippen molar-refractivity contribution >= 4 is 29.2 Å². The molecule has 1 aromatic carbocycles. The Kier molecular flexibility index (Phi) is 6.87. The lowest BCUT2D eigenvalue weighted by molar-refractivity contribution is -0.0759. The number of hydrogen-bond acceptors (Lipinski definition) is 5. The minimum Gasteiger partial charge on any atom is -0.367 e. The zero-order valence-corrected chi connectivity index (χ0v) is 18.1. The second kappa shape index (κ2) is 9.06. The van der Waals surface area contributed by atoms with E-state index in [2.05, 4.69) is 10.2 Å². The summed E-state index contributed by atoms with van der Waals surface area (Å²) in [5, 5.41) is 22.6. The second-order valence-electron chi connectivity index (χ2n) is 8.59. The van der Waals surface area contributed by atoms with Crippen molar-refractivity contribution in [2.75, 3.05) is 6.54 Å². The van der Waals surface area contributed by atoms with Crippen LogP contribution in [0.5, 0.6) is 0 Å². The minimum atomic E-state index is -1.34. The van der Waals surface area contributed by atoms with Gasteiger partial charge in [-0.25, -0.2) is 0 Å². The van der Waals surface area contributed by atoms with E-state index in [1.807, 2.05) is 38.1 Å². The number of carbonyl (C=O) groups excluding carboxylic acids is 1. The summed E-state index contributed by atoms with van der Waals surface area (Å²) in [5.74, 6) is -0.324. The molecule has 164 valence electrons. The van der Waals surface area contributed by atoms with E-state index < -0.39 is 6.29 Å². The van der Waals surface area contributed by atoms with Crippen LogP contribution < -0.4 is 10.9 Å². The lowest BCUT2D eigenvalue weighted by atomic mass is 9.96. The van der Waals surface area contributed by atoms with Crippen molar-refractivity contribution < 1.29 is 15.0 Å².